The predicted octanol–water partition coefficient (Wildman–Crippen LogP) is -1.75. The quantitative estimate of drug-likeness (QED) is 0.169. The monoisotopic (exact) mass is 564 g/mol. The number of fused-ring (bicyclic) bond motifs is 1. The number of benzene rings is 2. The number of rotatable bonds is 4. The molecule has 0 saturated carbocycles. The van der Waals surface area contributed by atoms with Crippen molar-refractivity contribution in [1.82, 2.24) is 0 Å². The van der Waals surface area contributed by atoms with Crippen molar-refractivity contribution in [2.45, 2.75) is 54.9 Å². The Balaban J connectivity index is 1.81. The Hall–Kier alpha value is -3.31. The lowest BCUT2D eigenvalue weighted by atomic mass is 9.85. The number of aromatic hydroxyl groups is 3. The molecule has 9 atom stereocenters. The number of aliphatic hydroxyl groups excluding tert-OH is 7. The molecule has 0 bridgehead atoms. The van der Waals surface area contributed by atoms with Crippen LogP contribution in [0.4, 0.5) is 0 Å². The first-order chi connectivity index (χ1) is 19.0. The molecule has 3 aromatic rings. The van der Waals surface area contributed by atoms with E-state index in [9.17, 15) is 55.9 Å². The lowest BCUT2D eigenvalue weighted by molar-refractivity contribution is -0.231. The zero-order chi connectivity index (χ0) is 29.0. The first-order valence-electron chi connectivity index (χ1n) is 12.3. The highest BCUT2D eigenvalue weighted by molar-refractivity contribution is 5.92. The van der Waals surface area contributed by atoms with E-state index in [2.05, 4.69) is 0 Å². The van der Waals surface area contributed by atoms with Crippen LogP contribution in [-0.4, -0.2) is 107 Å². The molecule has 5 rings (SSSR count). The standard InChI is InChI=1S/C26H28O14/c27-6-13-18(32)21(35)23(37)26(40-13)16-20(34)15(25-22(36)17(31)11(30)7-38-25)19(33)14-10(29)5-12(39-24(14)16)8-1-3-9(28)4-2-8/h1-5,11,13,17-18,21-23,25-28,30-37H,6-7H2/t11-,13-,17-,18+,21+,22+,23-,25+,26+/m1/s1. The smallest absolute Gasteiger partial charge is 0.197 e. The first kappa shape index (κ1) is 28.2. The van der Waals surface area contributed by atoms with Crippen LogP contribution in [0.5, 0.6) is 17.2 Å². The van der Waals surface area contributed by atoms with Gasteiger partial charge in [-0.15, -0.1) is 0 Å². The van der Waals surface area contributed by atoms with Crippen LogP contribution in [0.15, 0.2) is 39.5 Å². The Morgan fingerprint density at radius 3 is 2.08 bits per heavy atom. The summed E-state index contributed by atoms with van der Waals surface area (Å²) < 4.78 is 16.9. The fraction of sp³-hybridized carbons (Fsp3) is 0.423. The van der Waals surface area contributed by atoms with Gasteiger partial charge in [-0.2, -0.15) is 0 Å². The van der Waals surface area contributed by atoms with Crippen LogP contribution in [0.25, 0.3) is 22.3 Å². The third-order valence-electron chi connectivity index (χ3n) is 7.31. The van der Waals surface area contributed by atoms with Crippen molar-refractivity contribution in [2.24, 2.45) is 0 Å². The van der Waals surface area contributed by atoms with Crippen LogP contribution in [0.1, 0.15) is 23.3 Å². The molecule has 2 aromatic carbocycles. The molecule has 0 radical (unpaired) electrons. The third kappa shape index (κ3) is 4.49. The van der Waals surface area contributed by atoms with E-state index in [1.165, 1.54) is 24.3 Å². The van der Waals surface area contributed by atoms with Crippen molar-refractivity contribution >= 4 is 11.0 Å². The molecule has 0 unspecified atom stereocenters. The molecule has 0 spiro atoms. The van der Waals surface area contributed by atoms with Gasteiger partial charge in [0.2, 0.25) is 0 Å². The minimum absolute atomic E-state index is 0.0767. The second-order valence-electron chi connectivity index (χ2n) is 9.80. The summed E-state index contributed by atoms with van der Waals surface area (Å²) in [6.07, 6.45) is -15.7. The topological polar surface area (TPSA) is 251 Å². The molecule has 14 nitrogen and oxygen atoms in total. The van der Waals surface area contributed by atoms with E-state index >= 15 is 0 Å². The molecule has 14 heteroatoms. The maximum atomic E-state index is 13.4. The van der Waals surface area contributed by atoms with Crippen LogP contribution in [0.3, 0.4) is 0 Å². The zero-order valence-electron chi connectivity index (χ0n) is 20.6. The Labute approximate surface area is 224 Å². The Kier molecular flexibility index (Phi) is 7.47. The maximum absolute atomic E-state index is 13.4. The minimum Gasteiger partial charge on any atom is -0.508 e. The molecule has 2 saturated heterocycles. The van der Waals surface area contributed by atoms with E-state index in [1.54, 1.807) is 0 Å². The van der Waals surface area contributed by atoms with Crippen LogP contribution in [0.2, 0.25) is 0 Å². The van der Waals surface area contributed by atoms with Crippen molar-refractivity contribution in [3.63, 3.8) is 0 Å². The number of hydrogen-bond acceptors (Lipinski definition) is 14. The summed E-state index contributed by atoms with van der Waals surface area (Å²) in [5, 5.41) is 104. The third-order valence-corrected chi connectivity index (χ3v) is 7.31. The summed E-state index contributed by atoms with van der Waals surface area (Å²) in [6, 6.07) is 6.47. The summed E-state index contributed by atoms with van der Waals surface area (Å²) in [5.41, 5.74) is -2.19. The van der Waals surface area contributed by atoms with E-state index < -0.39 is 107 Å². The minimum atomic E-state index is -1.96. The molecule has 0 aliphatic carbocycles. The lowest BCUT2D eigenvalue weighted by Crippen LogP contribution is -2.55. The first-order valence-corrected chi connectivity index (χ1v) is 12.3. The molecule has 2 aliphatic rings. The van der Waals surface area contributed by atoms with Gasteiger partial charge in [-0.1, -0.05) is 0 Å². The number of hydrogen-bond donors (Lipinski definition) is 10. The Morgan fingerprint density at radius 2 is 1.43 bits per heavy atom. The van der Waals surface area contributed by atoms with Gasteiger partial charge in [-0.05, 0) is 24.3 Å². The van der Waals surface area contributed by atoms with Gasteiger partial charge in [0, 0.05) is 11.6 Å². The molecule has 3 heterocycles. The van der Waals surface area contributed by atoms with E-state index in [-0.39, 0.29) is 11.5 Å². The summed E-state index contributed by atoms with van der Waals surface area (Å²) in [7, 11) is 0. The number of phenolic OH excluding ortho intramolecular Hbond substituents is 3. The average molecular weight is 564 g/mol. The molecule has 10 N–H and O–H groups in total. The highest BCUT2D eigenvalue weighted by Gasteiger charge is 2.48. The Morgan fingerprint density at radius 1 is 0.775 bits per heavy atom. The van der Waals surface area contributed by atoms with E-state index in [1.807, 2.05) is 0 Å². The van der Waals surface area contributed by atoms with Gasteiger partial charge in [0.1, 0.15) is 83.3 Å². The predicted molar refractivity (Wildman–Crippen MR) is 132 cm³/mol. The fourth-order valence-electron chi connectivity index (χ4n) is 5.11. The fourth-order valence-corrected chi connectivity index (χ4v) is 5.11. The maximum Gasteiger partial charge on any atom is 0.197 e. The van der Waals surface area contributed by atoms with Crippen LogP contribution >= 0.6 is 0 Å². The van der Waals surface area contributed by atoms with Crippen molar-refractivity contribution in [2.75, 3.05) is 13.2 Å². The summed E-state index contributed by atoms with van der Waals surface area (Å²) in [5.74, 6) is -2.00. The van der Waals surface area contributed by atoms with Crippen LogP contribution < -0.4 is 5.43 Å². The van der Waals surface area contributed by atoms with E-state index in [4.69, 9.17) is 13.9 Å². The van der Waals surface area contributed by atoms with Gasteiger partial charge in [0.05, 0.1) is 24.3 Å². The highest BCUT2D eigenvalue weighted by atomic mass is 16.5. The van der Waals surface area contributed by atoms with Gasteiger partial charge >= 0.3 is 0 Å². The molecule has 40 heavy (non-hydrogen) atoms. The van der Waals surface area contributed by atoms with Crippen molar-refractivity contribution in [3.05, 3.63) is 51.7 Å². The second kappa shape index (κ2) is 10.6. The molecular formula is C26H28O14. The Bertz CT molecular complexity index is 1450. The molecule has 216 valence electrons. The molecule has 0 amide bonds. The summed E-state index contributed by atoms with van der Waals surface area (Å²) >= 11 is 0. The second-order valence-corrected chi connectivity index (χ2v) is 9.80. The van der Waals surface area contributed by atoms with Crippen LogP contribution in [-0.2, 0) is 9.47 Å². The van der Waals surface area contributed by atoms with Gasteiger partial charge in [-0.25, -0.2) is 0 Å². The molecular weight excluding hydrogens is 536 g/mol. The van der Waals surface area contributed by atoms with Gasteiger partial charge in [0.15, 0.2) is 11.0 Å². The number of aliphatic hydroxyl groups is 7. The van der Waals surface area contributed by atoms with Crippen molar-refractivity contribution in [1.29, 1.82) is 0 Å². The SMILES string of the molecule is O=c1cc(-c2ccc(O)cc2)oc2c([C@@H]3O[C@H](CO)[C@H](O)[C@H](O)[C@H]3O)c(O)c([C@@H]3OC[C@@H](O)[C@@H](O)[C@@H]3O)c(O)c12. The zero-order valence-corrected chi connectivity index (χ0v) is 20.6. The summed E-state index contributed by atoms with van der Waals surface area (Å²) in [6.45, 7) is -1.34. The molecule has 2 fully saturated rings. The number of phenols is 3. The van der Waals surface area contributed by atoms with Crippen LogP contribution in [0, 0.1) is 0 Å². The van der Waals surface area contributed by atoms with Gasteiger partial charge < -0.3 is 65.0 Å². The van der Waals surface area contributed by atoms with E-state index in [0.717, 1.165) is 6.07 Å². The molecule has 1 aromatic heterocycles. The van der Waals surface area contributed by atoms with Gasteiger partial charge in [0.25, 0.3) is 0 Å². The van der Waals surface area contributed by atoms with Gasteiger partial charge in [-0.3, -0.25) is 4.79 Å². The largest absolute Gasteiger partial charge is 0.508 e. The highest BCUT2D eigenvalue weighted by Crippen LogP contribution is 2.50. The van der Waals surface area contributed by atoms with Crippen molar-refractivity contribution < 1.29 is 65.0 Å². The van der Waals surface area contributed by atoms with Crippen molar-refractivity contribution in [3.8, 4) is 28.6 Å². The normalized spacial score (nSPS) is 32.8. The molecule has 2 aliphatic heterocycles. The average Bonchev–Trinajstić information content (AvgIpc) is 2.92. The number of ether oxygens (including phenoxy) is 2. The lowest BCUT2D eigenvalue weighted by Gasteiger charge is -2.41. The van der Waals surface area contributed by atoms with E-state index in [0.29, 0.717) is 5.56 Å². The summed E-state index contributed by atoms with van der Waals surface area (Å²) in [4.78, 5) is 13.4.